The Kier molecular flexibility index (Phi) is 5.29. The van der Waals surface area contributed by atoms with Crippen molar-refractivity contribution in [3.05, 3.63) is 29.3 Å². The molecule has 0 radical (unpaired) electrons. The molecule has 0 N–H and O–H groups in total. The van der Waals surface area contributed by atoms with Crippen LogP contribution in [0.3, 0.4) is 0 Å². The SMILES string of the molecule is N#Cc1ccc(N2C(=O)[C@@H]3C4C[C@H](CN4C(=O)C(F)(F)C(F)(F)C(F)(F)F)N3C2=O)cc1C(F)(F)F. The first-order valence-corrected chi connectivity index (χ1v) is 9.77. The molecule has 2 bridgehead atoms. The van der Waals surface area contributed by atoms with E-state index >= 15 is 0 Å². The first-order valence-electron chi connectivity index (χ1n) is 9.77. The smallest absolute Gasteiger partial charge is 0.330 e. The van der Waals surface area contributed by atoms with Gasteiger partial charge in [0.15, 0.2) is 0 Å². The van der Waals surface area contributed by atoms with Gasteiger partial charge in [0.2, 0.25) is 0 Å². The Morgan fingerprint density at radius 3 is 2.14 bits per heavy atom. The van der Waals surface area contributed by atoms with E-state index in [9.17, 15) is 58.3 Å². The van der Waals surface area contributed by atoms with Crippen LogP contribution in [0.25, 0.3) is 0 Å². The molecule has 1 unspecified atom stereocenters. The molecule has 3 fully saturated rings. The predicted molar refractivity (Wildman–Crippen MR) is 94.5 cm³/mol. The van der Waals surface area contributed by atoms with Gasteiger partial charge in [-0.15, -0.1) is 0 Å². The number of fused-ring (bicyclic) bond motifs is 5. The maximum absolute atomic E-state index is 14.0. The Labute approximate surface area is 193 Å². The molecule has 3 heterocycles. The Morgan fingerprint density at radius 2 is 1.61 bits per heavy atom. The summed E-state index contributed by atoms with van der Waals surface area (Å²) in [5, 5.41) is 8.88. The van der Waals surface area contributed by atoms with Crippen LogP contribution < -0.4 is 4.90 Å². The van der Waals surface area contributed by atoms with Gasteiger partial charge in [0, 0.05) is 6.54 Å². The number of benzene rings is 1. The van der Waals surface area contributed by atoms with Crippen LogP contribution in [0.1, 0.15) is 17.5 Å². The summed E-state index contributed by atoms with van der Waals surface area (Å²) in [5.41, 5.74) is -2.99. The van der Waals surface area contributed by atoms with E-state index in [1.165, 1.54) is 6.07 Å². The third-order valence-corrected chi connectivity index (χ3v) is 6.23. The van der Waals surface area contributed by atoms with Gasteiger partial charge >= 0.3 is 30.2 Å². The van der Waals surface area contributed by atoms with Gasteiger partial charge < -0.3 is 9.80 Å². The molecule has 36 heavy (non-hydrogen) atoms. The van der Waals surface area contributed by atoms with E-state index < -0.39 is 89.9 Å². The van der Waals surface area contributed by atoms with Gasteiger partial charge in [-0.2, -0.15) is 49.2 Å². The van der Waals surface area contributed by atoms with Crippen molar-refractivity contribution < 1.29 is 58.3 Å². The number of imide groups is 1. The number of carbonyl (C=O) groups excluding carboxylic acids is 3. The highest BCUT2D eigenvalue weighted by atomic mass is 19.4. The summed E-state index contributed by atoms with van der Waals surface area (Å²) in [6.07, 6.45) is -12.3. The third kappa shape index (κ3) is 3.29. The second-order valence-corrected chi connectivity index (χ2v) is 8.21. The van der Waals surface area contributed by atoms with Gasteiger partial charge in [0.25, 0.3) is 11.8 Å². The summed E-state index contributed by atoms with van der Waals surface area (Å²) in [5.74, 6) is -17.2. The zero-order valence-electron chi connectivity index (χ0n) is 17.2. The topological polar surface area (TPSA) is 84.7 Å². The molecular weight excluding hydrogens is 522 g/mol. The van der Waals surface area contributed by atoms with Crippen molar-refractivity contribution in [1.29, 1.82) is 5.26 Å². The Morgan fingerprint density at radius 1 is 1.00 bits per heavy atom. The molecule has 0 aromatic heterocycles. The lowest BCUT2D eigenvalue weighted by atomic mass is 10.0. The Hall–Kier alpha value is -3.58. The van der Waals surface area contributed by atoms with E-state index in [1.807, 2.05) is 0 Å². The summed E-state index contributed by atoms with van der Waals surface area (Å²) < 4.78 is 132. The standard InChI is InChI=1S/C19H10F10N4O3/c20-16(21,18(25,26)19(27,28)29)14(35)31-6-9-4-11(31)12-13(34)33(15(36)32(9)12)8-2-1-7(5-30)10(3-8)17(22,23)24/h1-3,9,11-12H,4,6H2/t9-,11?,12+/m1/s1. The molecule has 3 aliphatic rings. The van der Waals surface area contributed by atoms with Crippen molar-refractivity contribution in [3.63, 3.8) is 0 Å². The maximum Gasteiger partial charge on any atom is 0.460 e. The average molecular weight is 532 g/mol. The van der Waals surface area contributed by atoms with Crippen molar-refractivity contribution in [2.45, 2.75) is 48.7 Å². The molecule has 0 spiro atoms. The number of nitrogens with zero attached hydrogens (tertiary/aromatic N) is 4. The van der Waals surface area contributed by atoms with Crippen LogP contribution in [0.4, 0.5) is 54.4 Å². The number of likely N-dealkylation sites (tertiary alicyclic amines) is 1. The van der Waals surface area contributed by atoms with Crippen LogP contribution >= 0.6 is 0 Å². The number of halogens is 10. The number of piperazine rings is 1. The minimum absolute atomic E-state index is 0.0416. The number of nitriles is 1. The van der Waals surface area contributed by atoms with Gasteiger partial charge in [-0.3, -0.25) is 9.59 Å². The van der Waals surface area contributed by atoms with E-state index in [1.54, 1.807) is 0 Å². The van der Waals surface area contributed by atoms with Crippen LogP contribution in [-0.4, -0.2) is 70.3 Å². The summed E-state index contributed by atoms with van der Waals surface area (Å²) in [7, 11) is 0. The van der Waals surface area contributed by atoms with Gasteiger partial charge in [-0.1, -0.05) is 0 Å². The van der Waals surface area contributed by atoms with Gasteiger partial charge in [-0.25, -0.2) is 9.69 Å². The fraction of sp³-hybridized carbons (Fsp3) is 0.474. The van der Waals surface area contributed by atoms with E-state index in [0.29, 0.717) is 12.1 Å². The predicted octanol–water partition coefficient (Wildman–Crippen LogP) is 3.53. The number of rotatable bonds is 3. The molecular formula is C19H10F10N4O3. The maximum atomic E-state index is 14.0. The molecule has 194 valence electrons. The van der Waals surface area contributed by atoms with E-state index in [0.717, 1.165) is 11.0 Å². The number of amides is 4. The molecule has 1 aromatic carbocycles. The normalized spacial score (nSPS) is 24.5. The highest BCUT2D eigenvalue weighted by Gasteiger charge is 2.78. The lowest BCUT2D eigenvalue weighted by molar-refractivity contribution is -0.346. The molecule has 7 nitrogen and oxygen atoms in total. The fourth-order valence-corrected chi connectivity index (χ4v) is 4.62. The van der Waals surface area contributed by atoms with Crippen LogP contribution in [0.15, 0.2) is 18.2 Å². The van der Waals surface area contributed by atoms with Gasteiger partial charge in [-0.05, 0) is 24.6 Å². The van der Waals surface area contributed by atoms with Crippen molar-refractivity contribution in [2.24, 2.45) is 0 Å². The largest absolute Gasteiger partial charge is 0.460 e. The fourth-order valence-electron chi connectivity index (χ4n) is 4.62. The van der Waals surface area contributed by atoms with Crippen molar-refractivity contribution in [3.8, 4) is 6.07 Å². The molecule has 0 saturated carbocycles. The molecule has 4 amide bonds. The van der Waals surface area contributed by atoms with Crippen molar-refractivity contribution >= 4 is 23.5 Å². The Bertz CT molecular complexity index is 1210. The van der Waals surface area contributed by atoms with Crippen LogP contribution in [0.5, 0.6) is 0 Å². The number of hydrogen-bond donors (Lipinski definition) is 0. The molecule has 4 rings (SSSR count). The summed E-state index contributed by atoms with van der Waals surface area (Å²) in [6, 6.07) is -2.88. The molecule has 3 saturated heterocycles. The highest BCUT2D eigenvalue weighted by molar-refractivity contribution is 6.22. The van der Waals surface area contributed by atoms with Gasteiger partial charge in [0.1, 0.15) is 6.04 Å². The number of carbonyl (C=O) groups is 3. The lowest BCUT2D eigenvalue weighted by Gasteiger charge is -2.38. The second kappa shape index (κ2) is 7.46. The van der Waals surface area contributed by atoms with Crippen molar-refractivity contribution in [1.82, 2.24) is 9.80 Å². The minimum Gasteiger partial charge on any atom is -0.330 e. The lowest BCUT2D eigenvalue weighted by Crippen LogP contribution is -2.64. The quantitative estimate of drug-likeness (QED) is 0.441. The summed E-state index contributed by atoms with van der Waals surface area (Å²) >= 11 is 0. The summed E-state index contributed by atoms with van der Waals surface area (Å²) in [4.78, 5) is 38.8. The molecule has 0 aliphatic carbocycles. The number of alkyl halides is 10. The zero-order valence-corrected chi connectivity index (χ0v) is 17.2. The second-order valence-electron chi connectivity index (χ2n) is 8.21. The number of urea groups is 1. The minimum atomic E-state index is -6.78. The monoisotopic (exact) mass is 532 g/mol. The van der Waals surface area contributed by atoms with Crippen LogP contribution in [-0.2, 0) is 15.8 Å². The van der Waals surface area contributed by atoms with E-state index in [4.69, 9.17) is 5.26 Å². The third-order valence-electron chi connectivity index (χ3n) is 6.23. The zero-order chi connectivity index (χ0) is 27.2. The highest BCUT2D eigenvalue weighted by Crippen LogP contribution is 2.50. The number of hydrogen-bond acceptors (Lipinski definition) is 4. The molecule has 17 heteroatoms. The molecule has 3 atom stereocenters. The first-order chi connectivity index (χ1) is 16.4. The van der Waals surface area contributed by atoms with Crippen LogP contribution in [0, 0.1) is 11.3 Å². The van der Waals surface area contributed by atoms with E-state index in [2.05, 4.69) is 0 Å². The van der Waals surface area contributed by atoms with Crippen LogP contribution in [0.2, 0.25) is 0 Å². The molecule has 1 aromatic rings. The molecule has 3 aliphatic heterocycles. The first kappa shape index (κ1) is 25.5. The average Bonchev–Trinajstić information content (AvgIpc) is 3.42. The summed E-state index contributed by atoms with van der Waals surface area (Å²) in [6.45, 7) is -0.905. The van der Waals surface area contributed by atoms with Gasteiger partial charge in [0.05, 0.1) is 35.0 Å². The van der Waals surface area contributed by atoms with E-state index in [-0.39, 0.29) is 9.80 Å². The number of anilines is 1. The Balaban J connectivity index is 1.66. The van der Waals surface area contributed by atoms with Crippen molar-refractivity contribution in [2.75, 3.05) is 11.4 Å².